The fourth-order valence-corrected chi connectivity index (χ4v) is 2.15. The molecule has 0 spiro atoms. The minimum atomic E-state index is 0.471. The Hall–Kier alpha value is -1.21. The van der Waals surface area contributed by atoms with E-state index in [1.807, 2.05) is 12.1 Å². The lowest BCUT2D eigenvalue weighted by molar-refractivity contribution is 1.46. The van der Waals surface area contributed by atoms with Crippen molar-refractivity contribution in [2.45, 2.75) is 0 Å². The maximum atomic E-state index is 9.05. The number of hydrogen-bond acceptors (Lipinski definition) is 2. The molecule has 0 saturated heterocycles. The molecule has 0 aromatic heterocycles. The summed E-state index contributed by atoms with van der Waals surface area (Å²) in [5, 5.41) is 13.3. The molecular weight excluding hydrogens is 335 g/mol. The third-order valence-electron chi connectivity index (χ3n) is 2.30. The van der Waals surface area contributed by atoms with Gasteiger partial charge in [-0.2, -0.15) is 5.26 Å². The van der Waals surface area contributed by atoms with Crippen LogP contribution in [-0.4, -0.2) is 0 Å². The topological polar surface area (TPSA) is 35.8 Å². The number of nitriles is 1. The van der Waals surface area contributed by atoms with Crippen molar-refractivity contribution >= 4 is 50.5 Å². The van der Waals surface area contributed by atoms with E-state index in [1.54, 1.807) is 24.3 Å². The van der Waals surface area contributed by atoms with E-state index in [4.69, 9.17) is 28.5 Å². The monoisotopic (exact) mass is 340 g/mol. The summed E-state index contributed by atoms with van der Waals surface area (Å²) in [5.41, 5.74) is 1.87. The van der Waals surface area contributed by atoms with Gasteiger partial charge in [0.25, 0.3) is 0 Å². The van der Waals surface area contributed by atoms with Crippen molar-refractivity contribution in [2.75, 3.05) is 5.32 Å². The highest BCUT2D eigenvalue weighted by molar-refractivity contribution is 9.10. The normalized spacial score (nSPS) is 9.89. The van der Waals surface area contributed by atoms with Gasteiger partial charge in [0.15, 0.2) is 0 Å². The molecule has 2 aromatic carbocycles. The zero-order valence-electron chi connectivity index (χ0n) is 9.05. The molecule has 0 fully saturated rings. The summed E-state index contributed by atoms with van der Waals surface area (Å²) in [5.74, 6) is 0. The lowest BCUT2D eigenvalue weighted by Gasteiger charge is -2.10. The first-order valence-electron chi connectivity index (χ1n) is 5.02. The van der Waals surface area contributed by atoms with E-state index in [-0.39, 0.29) is 0 Å². The molecular formula is C13H7BrCl2N2. The van der Waals surface area contributed by atoms with E-state index in [0.717, 1.165) is 10.2 Å². The number of nitrogens with zero attached hydrogens (tertiary/aromatic N) is 1. The van der Waals surface area contributed by atoms with Gasteiger partial charge >= 0.3 is 0 Å². The Morgan fingerprint density at radius 3 is 2.56 bits per heavy atom. The molecule has 90 valence electrons. The number of benzene rings is 2. The second-order valence-corrected chi connectivity index (χ2v) is 5.31. The Kier molecular flexibility index (Phi) is 4.13. The van der Waals surface area contributed by atoms with E-state index in [9.17, 15) is 0 Å². The minimum absolute atomic E-state index is 0.471. The molecule has 0 unspecified atom stereocenters. The van der Waals surface area contributed by atoms with Crippen molar-refractivity contribution in [1.29, 1.82) is 5.26 Å². The lowest BCUT2D eigenvalue weighted by atomic mass is 10.2. The van der Waals surface area contributed by atoms with Gasteiger partial charge in [-0.1, -0.05) is 39.1 Å². The van der Waals surface area contributed by atoms with Crippen molar-refractivity contribution < 1.29 is 0 Å². The van der Waals surface area contributed by atoms with Crippen LogP contribution in [0.4, 0.5) is 11.4 Å². The van der Waals surface area contributed by atoms with Crippen LogP contribution in [0.1, 0.15) is 5.56 Å². The Balaban J connectivity index is 2.40. The van der Waals surface area contributed by atoms with Crippen LogP contribution in [0.3, 0.4) is 0 Å². The summed E-state index contributed by atoms with van der Waals surface area (Å²) in [7, 11) is 0. The summed E-state index contributed by atoms with van der Waals surface area (Å²) in [4.78, 5) is 0. The highest BCUT2D eigenvalue weighted by atomic mass is 79.9. The van der Waals surface area contributed by atoms with Gasteiger partial charge in [0.2, 0.25) is 0 Å². The fraction of sp³-hybridized carbons (Fsp3) is 0. The summed E-state index contributed by atoms with van der Waals surface area (Å²) >= 11 is 15.3. The van der Waals surface area contributed by atoms with Crippen LogP contribution in [-0.2, 0) is 0 Å². The van der Waals surface area contributed by atoms with Crippen LogP contribution in [0.15, 0.2) is 40.9 Å². The molecule has 2 rings (SSSR count). The number of anilines is 2. The third kappa shape index (κ3) is 2.97. The quantitative estimate of drug-likeness (QED) is 0.796. The molecule has 0 saturated carbocycles. The maximum Gasteiger partial charge on any atom is 0.101 e. The predicted molar refractivity (Wildman–Crippen MR) is 78.6 cm³/mol. The molecule has 18 heavy (non-hydrogen) atoms. The van der Waals surface area contributed by atoms with Gasteiger partial charge in [-0.3, -0.25) is 0 Å². The number of rotatable bonds is 2. The van der Waals surface area contributed by atoms with Crippen molar-refractivity contribution in [3.05, 3.63) is 56.5 Å². The Morgan fingerprint density at radius 1 is 1.06 bits per heavy atom. The number of nitrogens with one attached hydrogen (secondary N) is 1. The van der Waals surface area contributed by atoms with Crippen LogP contribution < -0.4 is 5.32 Å². The van der Waals surface area contributed by atoms with Crippen molar-refractivity contribution in [2.24, 2.45) is 0 Å². The first-order valence-corrected chi connectivity index (χ1v) is 6.57. The second-order valence-electron chi connectivity index (χ2n) is 3.55. The van der Waals surface area contributed by atoms with Crippen LogP contribution in [0.25, 0.3) is 0 Å². The van der Waals surface area contributed by atoms with E-state index in [0.29, 0.717) is 21.3 Å². The van der Waals surface area contributed by atoms with E-state index >= 15 is 0 Å². The molecule has 0 radical (unpaired) electrons. The van der Waals surface area contributed by atoms with E-state index in [2.05, 4.69) is 27.3 Å². The zero-order chi connectivity index (χ0) is 13.1. The van der Waals surface area contributed by atoms with Gasteiger partial charge in [0.05, 0.1) is 22.0 Å². The molecule has 0 aliphatic carbocycles. The molecule has 0 aliphatic heterocycles. The van der Waals surface area contributed by atoms with Gasteiger partial charge in [0, 0.05) is 9.50 Å². The number of halogens is 3. The first-order chi connectivity index (χ1) is 8.60. The van der Waals surface area contributed by atoms with Crippen molar-refractivity contribution in [3.8, 4) is 6.07 Å². The number of hydrogen-bond donors (Lipinski definition) is 1. The Morgan fingerprint density at radius 2 is 1.83 bits per heavy atom. The molecule has 1 N–H and O–H groups in total. The molecule has 0 amide bonds. The highest BCUT2D eigenvalue weighted by Gasteiger charge is 2.06. The standard InChI is InChI=1S/C13H7BrCl2N2/c14-9-1-3-11(16)13(6-9)18-12-4-2-10(15)5-8(12)7-17/h1-6,18H. The van der Waals surface area contributed by atoms with Gasteiger partial charge in [-0.05, 0) is 36.4 Å². The van der Waals surface area contributed by atoms with Crippen molar-refractivity contribution in [3.63, 3.8) is 0 Å². The van der Waals surface area contributed by atoms with Gasteiger partial charge in [-0.25, -0.2) is 0 Å². The smallest absolute Gasteiger partial charge is 0.101 e. The molecule has 0 heterocycles. The van der Waals surface area contributed by atoms with Gasteiger partial charge < -0.3 is 5.32 Å². The van der Waals surface area contributed by atoms with Crippen LogP contribution >= 0.6 is 39.1 Å². The summed E-state index contributed by atoms with van der Waals surface area (Å²) < 4.78 is 0.905. The van der Waals surface area contributed by atoms with Crippen molar-refractivity contribution in [1.82, 2.24) is 0 Å². The molecule has 0 atom stereocenters. The molecule has 0 bridgehead atoms. The minimum Gasteiger partial charge on any atom is -0.353 e. The summed E-state index contributed by atoms with van der Waals surface area (Å²) in [6.45, 7) is 0. The first kappa shape index (κ1) is 13.2. The summed E-state index contributed by atoms with van der Waals surface area (Å²) in [6.07, 6.45) is 0. The Bertz CT molecular complexity index is 635. The second kappa shape index (κ2) is 5.62. The molecule has 2 aromatic rings. The SMILES string of the molecule is N#Cc1cc(Cl)ccc1Nc1cc(Br)ccc1Cl. The maximum absolute atomic E-state index is 9.05. The fourth-order valence-electron chi connectivity index (χ4n) is 1.46. The summed E-state index contributed by atoms with van der Waals surface area (Å²) in [6, 6.07) is 12.6. The van der Waals surface area contributed by atoms with Gasteiger partial charge in [0.1, 0.15) is 6.07 Å². The van der Waals surface area contributed by atoms with E-state index < -0.39 is 0 Å². The molecule has 2 nitrogen and oxygen atoms in total. The van der Waals surface area contributed by atoms with Crippen LogP contribution in [0.5, 0.6) is 0 Å². The predicted octanol–water partition coefficient (Wildman–Crippen LogP) is 5.37. The third-order valence-corrected chi connectivity index (χ3v) is 3.36. The molecule has 5 heteroatoms. The largest absolute Gasteiger partial charge is 0.353 e. The van der Waals surface area contributed by atoms with Crippen LogP contribution in [0.2, 0.25) is 10.0 Å². The average molecular weight is 342 g/mol. The average Bonchev–Trinajstić information content (AvgIpc) is 2.36. The zero-order valence-corrected chi connectivity index (χ0v) is 12.1. The lowest BCUT2D eigenvalue weighted by Crippen LogP contribution is -1.94. The van der Waals surface area contributed by atoms with Crippen LogP contribution in [0, 0.1) is 11.3 Å². The molecule has 0 aliphatic rings. The van der Waals surface area contributed by atoms with E-state index in [1.165, 1.54) is 0 Å². The Labute approximate surface area is 123 Å². The van der Waals surface area contributed by atoms with Gasteiger partial charge in [-0.15, -0.1) is 0 Å². The highest BCUT2D eigenvalue weighted by Crippen LogP contribution is 2.30.